The molecule has 1 N–H and O–H groups in total. The second kappa shape index (κ2) is 7.86. The highest BCUT2D eigenvalue weighted by Gasteiger charge is 2.37. The van der Waals surface area contributed by atoms with E-state index in [2.05, 4.69) is 10.2 Å². The Bertz CT molecular complexity index is 455. The van der Waals surface area contributed by atoms with Crippen molar-refractivity contribution >= 4 is 24.8 Å². The topological polar surface area (TPSA) is 15.3 Å². The summed E-state index contributed by atoms with van der Waals surface area (Å²) < 4.78 is 37.9. The van der Waals surface area contributed by atoms with E-state index < -0.39 is 11.7 Å². The number of nitrogens with one attached hydrogen (secondary N) is 1. The highest BCUT2D eigenvalue weighted by Crippen LogP contribution is 2.45. The third-order valence-electron chi connectivity index (χ3n) is 4.19. The van der Waals surface area contributed by atoms with Gasteiger partial charge in [-0.2, -0.15) is 13.2 Å². The van der Waals surface area contributed by atoms with Crippen molar-refractivity contribution in [3.63, 3.8) is 0 Å². The summed E-state index contributed by atoms with van der Waals surface area (Å²) in [7, 11) is 0. The molecule has 0 radical (unpaired) electrons. The number of piperazine rings is 1. The fourth-order valence-electron chi connectivity index (χ4n) is 3.02. The molecule has 1 aliphatic heterocycles. The first-order valence-electron chi connectivity index (χ1n) is 7.17. The zero-order valence-corrected chi connectivity index (χ0v) is 13.7. The molecule has 0 bridgehead atoms. The van der Waals surface area contributed by atoms with Crippen LogP contribution in [0.2, 0.25) is 0 Å². The Balaban J connectivity index is 0.00000121. The maximum absolute atomic E-state index is 12.6. The van der Waals surface area contributed by atoms with Crippen LogP contribution >= 0.6 is 24.8 Å². The molecular formula is C15H21Cl2F3N2. The van der Waals surface area contributed by atoms with Crippen LogP contribution < -0.4 is 5.32 Å². The van der Waals surface area contributed by atoms with Crippen LogP contribution in [0.25, 0.3) is 0 Å². The standard InChI is InChI=1S/C15H19F3N2.2ClH/c16-15(17,18)13-5-3-12(4-6-13)14(11-1-2-11)20-9-7-19-8-10-20;;/h3-6,11,14,19H,1-2,7-10H2;2*1H/t14-;;/m0../s1. The summed E-state index contributed by atoms with van der Waals surface area (Å²) in [6.07, 6.45) is -1.87. The Morgan fingerprint density at radius 2 is 1.55 bits per heavy atom. The second-order valence-corrected chi connectivity index (χ2v) is 5.69. The molecule has 3 rings (SSSR count). The summed E-state index contributed by atoms with van der Waals surface area (Å²) >= 11 is 0. The minimum atomic E-state index is -4.25. The lowest BCUT2D eigenvalue weighted by Crippen LogP contribution is -2.45. The van der Waals surface area contributed by atoms with Gasteiger partial charge in [0.25, 0.3) is 0 Å². The molecule has 1 heterocycles. The summed E-state index contributed by atoms with van der Waals surface area (Å²) in [4.78, 5) is 2.41. The van der Waals surface area contributed by atoms with E-state index in [4.69, 9.17) is 0 Å². The van der Waals surface area contributed by atoms with E-state index in [1.807, 2.05) is 0 Å². The Labute approximate surface area is 141 Å². The molecule has 2 nitrogen and oxygen atoms in total. The van der Waals surface area contributed by atoms with Gasteiger partial charge in [0.1, 0.15) is 0 Å². The molecule has 0 unspecified atom stereocenters. The summed E-state index contributed by atoms with van der Waals surface area (Å²) in [6.45, 7) is 3.87. The molecule has 1 aromatic carbocycles. The Morgan fingerprint density at radius 3 is 2.00 bits per heavy atom. The molecule has 126 valence electrons. The van der Waals surface area contributed by atoms with E-state index in [1.165, 1.54) is 25.0 Å². The van der Waals surface area contributed by atoms with Crippen LogP contribution in [0.5, 0.6) is 0 Å². The van der Waals surface area contributed by atoms with E-state index in [9.17, 15) is 13.2 Å². The van der Waals surface area contributed by atoms with E-state index >= 15 is 0 Å². The molecule has 0 amide bonds. The third kappa shape index (κ3) is 4.51. The predicted octanol–water partition coefficient (Wildman–Crippen LogP) is 3.91. The fourth-order valence-corrected chi connectivity index (χ4v) is 3.02. The van der Waals surface area contributed by atoms with Crippen LogP contribution in [0.3, 0.4) is 0 Å². The third-order valence-corrected chi connectivity index (χ3v) is 4.19. The smallest absolute Gasteiger partial charge is 0.314 e. The molecule has 1 saturated carbocycles. The fraction of sp³-hybridized carbons (Fsp3) is 0.600. The van der Waals surface area contributed by atoms with Crippen molar-refractivity contribution in [3.8, 4) is 0 Å². The number of benzene rings is 1. The molecule has 1 saturated heterocycles. The molecule has 2 aliphatic rings. The van der Waals surface area contributed by atoms with Crippen molar-refractivity contribution in [1.82, 2.24) is 10.2 Å². The molecular weight excluding hydrogens is 336 g/mol. The van der Waals surface area contributed by atoms with Gasteiger partial charge in [0.15, 0.2) is 0 Å². The van der Waals surface area contributed by atoms with Gasteiger partial charge in [-0.05, 0) is 36.5 Å². The SMILES string of the molecule is Cl.Cl.FC(F)(F)c1ccc([C@H](C2CC2)N2CCNCC2)cc1. The van der Waals surface area contributed by atoms with Gasteiger partial charge in [-0.15, -0.1) is 24.8 Å². The predicted molar refractivity (Wildman–Crippen MR) is 85.8 cm³/mol. The first kappa shape index (κ1) is 19.6. The van der Waals surface area contributed by atoms with Crippen molar-refractivity contribution in [1.29, 1.82) is 0 Å². The van der Waals surface area contributed by atoms with Crippen LogP contribution in [-0.4, -0.2) is 31.1 Å². The molecule has 1 aromatic rings. The van der Waals surface area contributed by atoms with Crippen LogP contribution in [-0.2, 0) is 6.18 Å². The molecule has 0 aromatic heterocycles. The number of hydrogen-bond donors (Lipinski definition) is 1. The lowest BCUT2D eigenvalue weighted by molar-refractivity contribution is -0.137. The van der Waals surface area contributed by atoms with Gasteiger partial charge in [-0.3, -0.25) is 4.90 Å². The first-order chi connectivity index (χ1) is 9.55. The van der Waals surface area contributed by atoms with E-state index in [-0.39, 0.29) is 24.8 Å². The minimum absolute atomic E-state index is 0. The van der Waals surface area contributed by atoms with Crippen LogP contribution in [0.15, 0.2) is 24.3 Å². The van der Waals surface area contributed by atoms with Crippen molar-refractivity contribution in [3.05, 3.63) is 35.4 Å². The number of alkyl halides is 3. The summed E-state index contributed by atoms with van der Waals surface area (Å²) in [5, 5.41) is 3.32. The molecule has 1 aliphatic carbocycles. The van der Waals surface area contributed by atoms with Gasteiger partial charge in [-0.1, -0.05) is 12.1 Å². The summed E-state index contributed by atoms with van der Waals surface area (Å²) in [6, 6.07) is 6.04. The van der Waals surface area contributed by atoms with Crippen LogP contribution in [0.1, 0.15) is 30.0 Å². The lowest BCUT2D eigenvalue weighted by Gasteiger charge is -2.35. The zero-order chi connectivity index (χ0) is 14.2. The normalized spacial score (nSPS) is 20.7. The van der Waals surface area contributed by atoms with Crippen molar-refractivity contribution in [2.75, 3.05) is 26.2 Å². The van der Waals surface area contributed by atoms with Gasteiger partial charge in [-0.25, -0.2) is 0 Å². The van der Waals surface area contributed by atoms with Gasteiger partial charge >= 0.3 is 6.18 Å². The van der Waals surface area contributed by atoms with Crippen molar-refractivity contribution in [2.45, 2.75) is 25.1 Å². The zero-order valence-electron chi connectivity index (χ0n) is 12.1. The van der Waals surface area contributed by atoms with E-state index in [1.54, 1.807) is 12.1 Å². The highest BCUT2D eigenvalue weighted by atomic mass is 35.5. The largest absolute Gasteiger partial charge is 0.416 e. The van der Waals surface area contributed by atoms with Crippen LogP contribution in [0, 0.1) is 5.92 Å². The van der Waals surface area contributed by atoms with E-state index in [0.717, 1.165) is 31.7 Å². The minimum Gasteiger partial charge on any atom is -0.314 e. The summed E-state index contributed by atoms with van der Waals surface area (Å²) in [5.74, 6) is 0.616. The number of halogens is 5. The average Bonchev–Trinajstić information content (AvgIpc) is 3.25. The van der Waals surface area contributed by atoms with Crippen molar-refractivity contribution < 1.29 is 13.2 Å². The Hall–Kier alpha value is -0.490. The average molecular weight is 357 g/mol. The van der Waals surface area contributed by atoms with E-state index in [0.29, 0.717) is 12.0 Å². The second-order valence-electron chi connectivity index (χ2n) is 5.69. The van der Waals surface area contributed by atoms with Gasteiger partial charge in [0.2, 0.25) is 0 Å². The number of nitrogens with zero attached hydrogens (tertiary/aromatic N) is 1. The molecule has 7 heteroatoms. The molecule has 2 fully saturated rings. The van der Waals surface area contributed by atoms with Gasteiger partial charge < -0.3 is 5.32 Å². The molecule has 1 atom stereocenters. The Kier molecular flexibility index (Phi) is 6.99. The molecule has 22 heavy (non-hydrogen) atoms. The number of rotatable bonds is 3. The monoisotopic (exact) mass is 356 g/mol. The molecule has 0 spiro atoms. The Morgan fingerprint density at radius 1 is 1.00 bits per heavy atom. The van der Waals surface area contributed by atoms with Gasteiger partial charge in [0, 0.05) is 32.2 Å². The first-order valence-corrected chi connectivity index (χ1v) is 7.17. The van der Waals surface area contributed by atoms with Crippen LogP contribution in [0.4, 0.5) is 13.2 Å². The quantitative estimate of drug-likeness (QED) is 0.883. The van der Waals surface area contributed by atoms with Gasteiger partial charge in [0.05, 0.1) is 5.56 Å². The lowest BCUT2D eigenvalue weighted by atomic mass is 9.98. The number of hydrogen-bond acceptors (Lipinski definition) is 2. The maximum atomic E-state index is 12.6. The van der Waals surface area contributed by atoms with Crippen molar-refractivity contribution in [2.24, 2.45) is 5.92 Å². The summed E-state index contributed by atoms with van der Waals surface area (Å²) in [5.41, 5.74) is 0.471. The maximum Gasteiger partial charge on any atom is 0.416 e. The highest BCUT2D eigenvalue weighted by molar-refractivity contribution is 5.85.